The highest BCUT2D eigenvalue weighted by Gasteiger charge is 2.48. The highest BCUT2D eigenvalue weighted by Crippen LogP contribution is 2.47. The average molecular weight is 508 g/mol. The van der Waals surface area contributed by atoms with Crippen molar-refractivity contribution in [1.82, 2.24) is 9.88 Å². The second-order valence-corrected chi connectivity index (χ2v) is 10.3. The Labute approximate surface area is 215 Å². The molecule has 9 heteroatoms. The smallest absolute Gasteiger partial charge is 0.223 e. The number of ether oxygens (including phenoxy) is 2. The summed E-state index contributed by atoms with van der Waals surface area (Å²) in [6, 6.07) is 7.95. The van der Waals surface area contributed by atoms with Crippen molar-refractivity contribution in [2.75, 3.05) is 44.8 Å². The van der Waals surface area contributed by atoms with Gasteiger partial charge in [-0.05, 0) is 48.1 Å². The van der Waals surface area contributed by atoms with E-state index in [0.29, 0.717) is 18.1 Å². The Morgan fingerprint density at radius 1 is 1.19 bits per heavy atom. The number of pyridine rings is 1. The van der Waals surface area contributed by atoms with Crippen LogP contribution in [0.15, 0.2) is 47.6 Å². The third-order valence-corrected chi connectivity index (χ3v) is 8.02. The van der Waals surface area contributed by atoms with E-state index >= 15 is 0 Å². The van der Waals surface area contributed by atoms with Crippen LogP contribution >= 0.6 is 11.6 Å². The number of anilines is 1. The molecule has 8 nitrogen and oxygen atoms in total. The Kier molecular flexibility index (Phi) is 6.41. The highest BCUT2D eigenvalue weighted by molar-refractivity contribution is 6.34. The first-order valence-electron chi connectivity index (χ1n) is 12.6. The number of carbonyl (C=O) groups is 1. The molecule has 2 aromatic rings. The summed E-state index contributed by atoms with van der Waals surface area (Å²) in [6.45, 7) is 5.04. The molecule has 1 saturated heterocycles. The molecular formula is C27H30ClN5O3. The number of allylic oxidation sites excluding steroid dienone is 1. The van der Waals surface area contributed by atoms with Gasteiger partial charge in [0.1, 0.15) is 18.0 Å². The standard InChI is InChI=1S/C27H30ClN5O3/c28-20-15-30-22-14-21(16-3-5-19(6-4-16)36-12-9-33-7-10-35-11-8-33)31-26(22)25(20)32-24-18-2-1-17(13-18)23(24)27(29)34/h1-6,15,17-18,23-24H,7-14H2,(H2,29,34)(H,30,32)/t17-,18+,23+,24-/m1/s1. The van der Waals surface area contributed by atoms with Crippen LogP contribution in [0.5, 0.6) is 5.75 Å². The number of benzene rings is 1. The predicted octanol–water partition coefficient (Wildman–Crippen LogP) is 3.21. The second kappa shape index (κ2) is 9.84. The van der Waals surface area contributed by atoms with Crippen LogP contribution in [-0.4, -0.2) is 67.0 Å². The van der Waals surface area contributed by atoms with Gasteiger partial charge in [-0.15, -0.1) is 0 Å². The van der Waals surface area contributed by atoms with Gasteiger partial charge in [0.15, 0.2) is 0 Å². The van der Waals surface area contributed by atoms with Gasteiger partial charge in [-0.25, -0.2) is 4.99 Å². The lowest BCUT2D eigenvalue weighted by atomic mass is 9.88. The number of carbonyl (C=O) groups excluding carboxylic acids is 1. The van der Waals surface area contributed by atoms with Crippen molar-refractivity contribution in [2.45, 2.75) is 18.9 Å². The lowest BCUT2D eigenvalue weighted by molar-refractivity contribution is -0.122. The lowest BCUT2D eigenvalue weighted by Gasteiger charge is -2.28. The lowest BCUT2D eigenvalue weighted by Crippen LogP contribution is -2.41. The van der Waals surface area contributed by atoms with E-state index in [9.17, 15) is 4.79 Å². The number of halogens is 1. The molecule has 3 heterocycles. The van der Waals surface area contributed by atoms with Crippen LogP contribution in [0.2, 0.25) is 5.02 Å². The molecule has 36 heavy (non-hydrogen) atoms. The van der Waals surface area contributed by atoms with Crippen LogP contribution in [0.1, 0.15) is 17.7 Å². The normalized spacial score (nSPS) is 26.6. The molecule has 4 atom stereocenters. The summed E-state index contributed by atoms with van der Waals surface area (Å²) in [4.78, 5) is 24.0. The number of aliphatic imine (C=N–C) groups is 1. The minimum absolute atomic E-state index is 0.0883. The quantitative estimate of drug-likeness (QED) is 0.532. The molecule has 0 radical (unpaired) electrons. The fraction of sp³-hybridized carbons (Fsp3) is 0.444. The topological polar surface area (TPSA) is 102 Å². The van der Waals surface area contributed by atoms with Gasteiger partial charge in [0.05, 0.1) is 41.2 Å². The minimum atomic E-state index is -0.275. The molecule has 2 aliphatic carbocycles. The van der Waals surface area contributed by atoms with Crippen LogP contribution in [0.3, 0.4) is 0 Å². The molecule has 2 fully saturated rings. The van der Waals surface area contributed by atoms with Crippen molar-refractivity contribution in [2.24, 2.45) is 28.5 Å². The zero-order valence-corrected chi connectivity index (χ0v) is 20.8. The summed E-state index contributed by atoms with van der Waals surface area (Å²) in [5, 5.41) is 4.04. The van der Waals surface area contributed by atoms with E-state index < -0.39 is 0 Å². The Morgan fingerprint density at radius 3 is 2.75 bits per heavy atom. The maximum absolute atomic E-state index is 12.2. The first kappa shape index (κ1) is 23.5. The summed E-state index contributed by atoms with van der Waals surface area (Å²) in [5.41, 5.74) is 10.1. The molecule has 0 spiro atoms. The van der Waals surface area contributed by atoms with E-state index in [1.807, 2.05) is 24.3 Å². The molecule has 1 saturated carbocycles. The van der Waals surface area contributed by atoms with Gasteiger partial charge in [0, 0.05) is 38.3 Å². The van der Waals surface area contributed by atoms with Crippen molar-refractivity contribution in [3.05, 3.63) is 58.9 Å². The number of aromatic nitrogens is 1. The molecule has 2 aliphatic heterocycles. The zero-order valence-electron chi connectivity index (χ0n) is 20.0. The van der Waals surface area contributed by atoms with Crippen molar-refractivity contribution in [1.29, 1.82) is 0 Å². The number of hydrogen-bond acceptors (Lipinski definition) is 7. The van der Waals surface area contributed by atoms with Crippen molar-refractivity contribution in [3.63, 3.8) is 0 Å². The van der Waals surface area contributed by atoms with Crippen LogP contribution in [0, 0.1) is 17.8 Å². The molecule has 0 unspecified atom stereocenters. The fourth-order valence-corrected chi connectivity index (χ4v) is 6.03. The number of amides is 1. The number of morpholine rings is 1. The summed E-state index contributed by atoms with van der Waals surface area (Å²) in [7, 11) is 0. The third kappa shape index (κ3) is 4.49. The fourth-order valence-electron chi connectivity index (χ4n) is 5.84. The number of nitrogens with one attached hydrogen (secondary N) is 1. The molecule has 6 rings (SSSR count). The molecular weight excluding hydrogens is 478 g/mol. The Hall–Kier alpha value is -2.94. The number of nitrogens with two attached hydrogens (primary N) is 1. The molecule has 2 bridgehead atoms. The Balaban J connectivity index is 1.15. The van der Waals surface area contributed by atoms with Crippen LogP contribution < -0.4 is 15.8 Å². The maximum atomic E-state index is 12.2. The Bertz CT molecular complexity index is 1210. The predicted molar refractivity (Wildman–Crippen MR) is 139 cm³/mol. The number of rotatable bonds is 8. The van der Waals surface area contributed by atoms with Crippen LogP contribution in [0.25, 0.3) is 0 Å². The summed E-state index contributed by atoms with van der Waals surface area (Å²) < 4.78 is 11.3. The highest BCUT2D eigenvalue weighted by atomic mass is 35.5. The Morgan fingerprint density at radius 2 is 1.97 bits per heavy atom. The molecule has 1 aromatic heterocycles. The van der Waals surface area contributed by atoms with Gasteiger partial charge < -0.3 is 20.5 Å². The summed E-state index contributed by atoms with van der Waals surface area (Å²) in [6.07, 6.45) is 7.51. The van der Waals surface area contributed by atoms with Crippen molar-refractivity contribution >= 4 is 34.6 Å². The van der Waals surface area contributed by atoms with Crippen molar-refractivity contribution < 1.29 is 14.3 Å². The number of nitrogens with zero attached hydrogens (tertiary/aromatic N) is 3. The second-order valence-electron chi connectivity index (χ2n) is 9.89. The van der Waals surface area contributed by atoms with Gasteiger partial charge in [-0.2, -0.15) is 0 Å². The van der Waals surface area contributed by atoms with E-state index in [1.165, 1.54) is 0 Å². The largest absolute Gasteiger partial charge is 0.492 e. The monoisotopic (exact) mass is 507 g/mol. The molecule has 1 amide bonds. The summed E-state index contributed by atoms with van der Waals surface area (Å²) in [5.74, 6) is 0.761. The van der Waals surface area contributed by atoms with Gasteiger partial charge in [0.25, 0.3) is 0 Å². The van der Waals surface area contributed by atoms with Gasteiger partial charge in [0.2, 0.25) is 5.91 Å². The van der Waals surface area contributed by atoms with E-state index in [0.717, 1.165) is 73.4 Å². The molecule has 1 aromatic carbocycles. The first-order chi connectivity index (χ1) is 17.6. The zero-order chi connectivity index (χ0) is 24.6. The molecule has 4 aliphatic rings. The SMILES string of the molecule is NC(=O)[C@@H]1[C@H](Nc2c(Cl)cnc3c2N=C(c2ccc(OCCN4CCOCC4)cc2)C3)[C@H]2C=C[C@@H]1C2. The van der Waals surface area contributed by atoms with Gasteiger partial charge in [-0.1, -0.05) is 23.8 Å². The average Bonchev–Trinajstić information content (AvgIpc) is 3.62. The summed E-state index contributed by atoms with van der Waals surface area (Å²) >= 11 is 6.58. The van der Waals surface area contributed by atoms with E-state index in [2.05, 4.69) is 27.4 Å². The number of fused-ring (bicyclic) bond motifs is 3. The van der Waals surface area contributed by atoms with Crippen LogP contribution in [0.4, 0.5) is 11.4 Å². The maximum Gasteiger partial charge on any atom is 0.223 e. The first-order valence-corrected chi connectivity index (χ1v) is 13.0. The van der Waals surface area contributed by atoms with E-state index in [4.69, 9.17) is 31.8 Å². The van der Waals surface area contributed by atoms with Gasteiger partial charge in [-0.3, -0.25) is 14.7 Å². The molecule has 3 N–H and O–H groups in total. The van der Waals surface area contributed by atoms with E-state index in [-0.39, 0.29) is 29.7 Å². The van der Waals surface area contributed by atoms with Crippen LogP contribution in [-0.2, 0) is 16.0 Å². The third-order valence-electron chi connectivity index (χ3n) is 7.73. The van der Waals surface area contributed by atoms with Gasteiger partial charge >= 0.3 is 0 Å². The number of hydrogen-bond donors (Lipinski definition) is 2. The number of primary amides is 1. The van der Waals surface area contributed by atoms with Crippen molar-refractivity contribution in [3.8, 4) is 5.75 Å². The minimum Gasteiger partial charge on any atom is -0.492 e. The van der Waals surface area contributed by atoms with E-state index in [1.54, 1.807) is 6.20 Å². The molecule has 188 valence electrons.